The molecule has 0 radical (unpaired) electrons. The van der Waals surface area contributed by atoms with Crippen LogP contribution in [0, 0.1) is 0 Å². The van der Waals surface area contributed by atoms with E-state index < -0.39 is 11.2 Å². The van der Waals surface area contributed by atoms with E-state index >= 15 is 0 Å². The van der Waals surface area contributed by atoms with Gasteiger partial charge in [-0.05, 0) is 23.9 Å². The fourth-order valence-corrected chi connectivity index (χ4v) is 1.41. The summed E-state index contributed by atoms with van der Waals surface area (Å²) in [6.45, 7) is 0. The van der Waals surface area contributed by atoms with Crippen LogP contribution in [-0.4, -0.2) is 21.4 Å². The highest BCUT2D eigenvalue weighted by atomic mass is 32.2. The normalized spacial score (nSPS) is 11.3. The second-order valence-corrected chi connectivity index (χ2v) is 3.55. The second-order valence-electron chi connectivity index (χ2n) is 2.39. The highest BCUT2D eigenvalue weighted by molar-refractivity contribution is 8.01. The van der Waals surface area contributed by atoms with Gasteiger partial charge >= 0.3 is 11.2 Å². The number of aliphatic carboxylic acids is 1. The first-order valence-electron chi connectivity index (χ1n) is 3.51. The molecule has 0 spiro atoms. The van der Waals surface area contributed by atoms with Gasteiger partial charge in [0.1, 0.15) is 5.75 Å². The van der Waals surface area contributed by atoms with Crippen molar-refractivity contribution >= 4 is 17.7 Å². The summed E-state index contributed by atoms with van der Waals surface area (Å²) in [4.78, 5) is 9.92. The van der Waals surface area contributed by atoms with Crippen LogP contribution >= 0.6 is 11.8 Å². The number of phenols is 1. The van der Waals surface area contributed by atoms with Crippen LogP contribution in [0.3, 0.4) is 0 Å². The van der Waals surface area contributed by atoms with Crippen LogP contribution in [0.25, 0.3) is 0 Å². The Morgan fingerprint density at radius 3 is 2.43 bits per heavy atom. The Labute approximate surface area is 82.4 Å². The molecule has 14 heavy (non-hydrogen) atoms. The lowest BCUT2D eigenvalue weighted by atomic mass is 10.3. The maximum Gasteiger partial charge on any atom is 0.393 e. The Morgan fingerprint density at radius 2 is 1.93 bits per heavy atom. The molecule has 0 aliphatic rings. The van der Waals surface area contributed by atoms with Crippen molar-refractivity contribution in [3.63, 3.8) is 0 Å². The molecule has 6 heteroatoms. The third-order valence-corrected chi connectivity index (χ3v) is 2.35. The monoisotopic (exact) mass is 220 g/mol. The van der Waals surface area contributed by atoms with Gasteiger partial charge in [0, 0.05) is 0 Å². The molecule has 2 N–H and O–H groups in total. The summed E-state index contributed by atoms with van der Waals surface area (Å²) >= 11 is -0.202. The molecule has 0 unspecified atom stereocenters. The molecule has 0 atom stereocenters. The number of thioether (sulfide) groups is 1. The first-order valence-corrected chi connectivity index (χ1v) is 4.33. The number of alkyl halides is 2. The summed E-state index contributed by atoms with van der Waals surface area (Å²) in [5, 5.41) is 13.3. The standard InChI is InChI=1S/C8H6F2O3S/c9-8(10,7(12)13)14-6-4-2-1-3-5(6)11/h1-4,11H,(H,12,13). The first kappa shape index (κ1) is 10.8. The highest BCUT2D eigenvalue weighted by Crippen LogP contribution is 2.39. The van der Waals surface area contributed by atoms with Crippen LogP contribution in [0.2, 0.25) is 0 Å². The minimum absolute atomic E-state index is 0.167. The maximum atomic E-state index is 12.7. The van der Waals surface area contributed by atoms with Crippen molar-refractivity contribution in [1.29, 1.82) is 0 Å². The molecule has 76 valence electrons. The van der Waals surface area contributed by atoms with Crippen molar-refractivity contribution in [3.05, 3.63) is 24.3 Å². The first-order chi connectivity index (χ1) is 6.43. The quantitative estimate of drug-likeness (QED) is 0.766. The van der Waals surface area contributed by atoms with E-state index in [-0.39, 0.29) is 22.4 Å². The van der Waals surface area contributed by atoms with Crippen LogP contribution in [0.1, 0.15) is 0 Å². The molecule has 0 aliphatic heterocycles. The van der Waals surface area contributed by atoms with Crippen molar-refractivity contribution < 1.29 is 23.8 Å². The lowest BCUT2D eigenvalue weighted by molar-refractivity contribution is -0.152. The van der Waals surface area contributed by atoms with Crippen LogP contribution in [0.15, 0.2) is 29.2 Å². The summed E-state index contributed by atoms with van der Waals surface area (Å²) in [6.07, 6.45) is 0. The zero-order chi connectivity index (χ0) is 10.8. The van der Waals surface area contributed by atoms with E-state index in [1.54, 1.807) is 0 Å². The molecule has 0 heterocycles. The Bertz CT molecular complexity index is 354. The van der Waals surface area contributed by atoms with E-state index in [9.17, 15) is 13.6 Å². The van der Waals surface area contributed by atoms with E-state index in [1.165, 1.54) is 24.3 Å². The average Bonchev–Trinajstić information content (AvgIpc) is 2.08. The lowest BCUT2D eigenvalue weighted by Crippen LogP contribution is -2.23. The molecule has 0 amide bonds. The number of aromatic hydroxyl groups is 1. The van der Waals surface area contributed by atoms with Gasteiger partial charge in [0.05, 0.1) is 4.90 Å². The Morgan fingerprint density at radius 1 is 1.36 bits per heavy atom. The van der Waals surface area contributed by atoms with Gasteiger partial charge in [0.2, 0.25) is 0 Å². The summed E-state index contributed by atoms with van der Waals surface area (Å²) in [5.41, 5.74) is 0. The van der Waals surface area contributed by atoms with Crippen LogP contribution < -0.4 is 0 Å². The van der Waals surface area contributed by atoms with Gasteiger partial charge in [-0.3, -0.25) is 0 Å². The minimum Gasteiger partial charge on any atom is -0.507 e. The molecule has 0 bridgehead atoms. The van der Waals surface area contributed by atoms with Gasteiger partial charge in [0.15, 0.2) is 0 Å². The number of para-hydroxylation sites is 1. The molecule has 0 fully saturated rings. The number of hydrogen-bond acceptors (Lipinski definition) is 3. The van der Waals surface area contributed by atoms with Crippen molar-refractivity contribution in [2.75, 3.05) is 0 Å². The van der Waals surface area contributed by atoms with E-state index in [4.69, 9.17) is 10.2 Å². The summed E-state index contributed by atoms with van der Waals surface area (Å²) in [5.74, 6) is -2.59. The van der Waals surface area contributed by atoms with Crippen LogP contribution in [0.4, 0.5) is 8.78 Å². The predicted octanol–water partition coefficient (Wildman–Crippen LogP) is 2.16. The van der Waals surface area contributed by atoms with Gasteiger partial charge < -0.3 is 10.2 Å². The van der Waals surface area contributed by atoms with E-state index in [0.29, 0.717) is 0 Å². The third-order valence-electron chi connectivity index (χ3n) is 1.35. The smallest absolute Gasteiger partial charge is 0.393 e. The van der Waals surface area contributed by atoms with Gasteiger partial charge in [-0.1, -0.05) is 12.1 Å². The molecule has 0 aliphatic carbocycles. The van der Waals surface area contributed by atoms with E-state index in [0.717, 1.165) is 0 Å². The highest BCUT2D eigenvalue weighted by Gasteiger charge is 2.40. The van der Waals surface area contributed by atoms with Gasteiger partial charge in [-0.15, -0.1) is 0 Å². The fourth-order valence-electron chi connectivity index (χ4n) is 0.725. The number of phenolic OH excluding ortho intramolecular Hbond substituents is 1. The van der Waals surface area contributed by atoms with Crippen molar-refractivity contribution in [2.24, 2.45) is 0 Å². The number of carbonyl (C=O) groups is 1. The van der Waals surface area contributed by atoms with Gasteiger partial charge in [0.25, 0.3) is 0 Å². The Kier molecular flexibility index (Phi) is 2.95. The topological polar surface area (TPSA) is 57.5 Å². The zero-order valence-electron chi connectivity index (χ0n) is 6.78. The minimum atomic E-state index is -3.93. The second kappa shape index (κ2) is 3.83. The lowest BCUT2D eigenvalue weighted by Gasteiger charge is -2.10. The van der Waals surface area contributed by atoms with Crippen molar-refractivity contribution in [3.8, 4) is 5.75 Å². The van der Waals surface area contributed by atoms with E-state index in [1.807, 2.05) is 0 Å². The Balaban J connectivity index is 2.89. The number of halogens is 2. The maximum absolute atomic E-state index is 12.7. The molecule has 1 rings (SSSR count). The van der Waals surface area contributed by atoms with Gasteiger partial charge in [-0.25, -0.2) is 4.79 Å². The number of carboxylic acid groups (broad SMARTS) is 1. The third kappa shape index (κ3) is 2.35. The molecule has 1 aromatic carbocycles. The molecule has 1 aromatic rings. The summed E-state index contributed by atoms with van der Waals surface area (Å²) in [6, 6.07) is 5.31. The molecular weight excluding hydrogens is 214 g/mol. The average molecular weight is 220 g/mol. The Hall–Kier alpha value is -1.30. The molecular formula is C8H6F2O3S. The zero-order valence-corrected chi connectivity index (χ0v) is 7.59. The predicted molar refractivity (Wildman–Crippen MR) is 46.5 cm³/mol. The number of hydrogen-bond donors (Lipinski definition) is 2. The van der Waals surface area contributed by atoms with Crippen LogP contribution in [-0.2, 0) is 4.79 Å². The molecule has 0 aromatic heterocycles. The molecule has 3 nitrogen and oxygen atoms in total. The number of rotatable bonds is 3. The van der Waals surface area contributed by atoms with Crippen molar-refractivity contribution in [2.45, 2.75) is 10.2 Å². The van der Waals surface area contributed by atoms with Crippen molar-refractivity contribution in [1.82, 2.24) is 0 Å². The number of benzene rings is 1. The number of carboxylic acids is 1. The van der Waals surface area contributed by atoms with Gasteiger partial charge in [-0.2, -0.15) is 8.78 Å². The largest absolute Gasteiger partial charge is 0.507 e. The molecule has 0 saturated heterocycles. The van der Waals surface area contributed by atoms with E-state index in [2.05, 4.69) is 0 Å². The fraction of sp³-hybridized carbons (Fsp3) is 0.125. The summed E-state index contributed by atoms with van der Waals surface area (Å²) < 4.78 is 25.3. The SMILES string of the molecule is O=C(O)C(F)(F)Sc1ccccc1O. The molecule has 0 saturated carbocycles. The van der Waals surface area contributed by atoms with Crippen LogP contribution in [0.5, 0.6) is 5.75 Å². The summed E-state index contributed by atoms with van der Waals surface area (Å²) in [7, 11) is 0.